The average Bonchev–Trinajstić information content (AvgIpc) is 2.96. The van der Waals surface area contributed by atoms with Crippen LogP contribution in [0.5, 0.6) is 0 Å². The van der Waals surface area contributed by atoms with Gasteiger partial charge in [0.15, 0.2) is 0 Å². The molecule has 2 amide bonds. The first-order chi connectivity index (χ1) is 9.65. The Morgan fingerprint density at radius 1 is 1.20 bits per heavy atom. The summed E-state index contributed by atoms with van der Waals surface area (Å²) in [5.41, 5.74) is 5.55. The highest BCUT2D eigenvalue weighted by Gasteiger charge is 2.34. The molecule has 2 heterocycles. The van der Waals surface area contributed by atoms with Crippen molar-refractivity contribution >= 4 is 12.0 Å². The number of carbonyl (C=O) groups excluding carboxylic acids is 2. The van der Waals surface area contributed by atoms with E-state index in [-0.39, 0.29) is 24.2 Å². The maximum Gasteiger partial charge on any atom is 0.409 e. The number of amides is 2. The summed E-state index contributed by atoms with van der Waals surface area (Å²) in [5.74, 6) is 0.0180. The fourth-order valence-electron chi connectivity index (χ4n) is 2.59. The van der Waals surface area contributed by atoms with Crippen LogP contribution in [-0.2, 0) is 14.3 Å². The van der Waals surface area contributed by atoms with Gasteiger partial charge in [-0.25, -0.2) is 4.79 Å². The molecule has 0 aromatic carbocycles. The normalized spacial score (nSPS) is 26.7. The van der Waals surface area contributed by atoms with Crippen molar-refractivity contribution in [2.75, 3.05) is 39.3 Å². The number of nitrogens with two attached hydrogens (primary N) is 1. The molecule has 2 unspecified atom stereocenters. The highest BCUT2D eigenvalue weighted by atomic mass is 16.6. The molecule has 2 aliphatic heterocycles. The monoisotopic (exact) mass is 285 g/mol. The largest absolute Gasteiger partial charge is 0.450 e. The van der Waals surface area contributed by atoms with Crippen LogP contribution >= 0.6 is 0 Å². The van der Waals surface area contributed by atoms with E-state index in [4.69, 9.17) is 15.2 Å². The van der Waals surface area contributed by atoms with Crippen LogP contribution in [0.4, 0.5) is 4.79 Å². The minimum atomic E-state index is -0.363. The van der Waals surface area contributed by atoms with Gasteiger partial charge in [0.05, 0.1) is 12.7 Å². The molecule has 2 saturated heterocycles. The van der Waals surface area contributed by atoms with Crippen LogP contribution in [0.25, 0.3) is 0 Å². The van der Waals surface area contributed by atoms with Gasteiger partial charge in [-0.1, -0.05) is 0 Å². The third kappa shape index (κ3) is 3.40. The van der Waals surface area contributed by atoms with E-state index < -0.39 is 0 Å². The number of piperazine rings is 1. The Bertz CT molecular complexity index is 356. The van der Waals surface area contributed by atoms with E-state index in [1.165, 1.54) is 0 Å². The molecule has 0 bridgehead atoms. The maximum absolute atomic E-state index is 12.3. The minimum Gasteiger partial charge on any atom is -0.450 e. The first kappa shape index (κ1) is 15.1. The third-order valence-corrected chi connectivity index (χ3v) is 3.76. The zero-order chi connectivity index (χ0) is 14.5. The Hall–Kier alpha value is -1.34. The van der Waals surface area contributed by atoms with Crippen molar-refractivity contribution in [3.8, 4) is 0 Å². The molecule has 2 aliphatic rings. The molecule has 20 heavy (non-hydrogen) atoms. The van der Waals surface area contributed by atoms with Gasteiger partial charge in [0.2, 0.25) is 0 Å². The Morgan fingerprint density at radius 2 is 1.85 bits per heavy atom. The Morgan fingerprint density at radius 3 is 2.40 bits per heavy atom. The lowest BCUT2D eigenvalue weighted by Gasteiger charge is -2.35. The summed E-state index contributed by atoms with van der Waals surface area (Å²) in [6, 6.07) is 0. The van der Waals surface area contributed by atoms with Crippen LogP contribution in [-0.4, -0.2) is 73.3 Å². The molecule has 114 valence electrons. The molecule has 0 radical (unpaired) electrons. The van der Waals surface area contributed by atoms with E-state index in [0.29, 0.717) is 39.3 Å². The summed E-state index contributed by atoms with van der Waals surface area (Å²) < 4.78 is 10.6. The van der Waals surface area contributed by atoms with Gasteiger partial charge < -0.3 is 25.0 Å². The second-order valence-electron chi connectivity index (χ2n) is 5.07. The van der Waals surface area contributed by atoms with Crippen LogP contribution in [0.15, 0.2) is 0 Å². The zero-order valence-electron chi connectivity index (χ0n) is 11.9. The lowest BCUT2D eigenvalue weighted by molar-refractivity contribution is -0.144. The van der Waals surface area contributed by atoms with Crippen molar-refractivity contribution in [3.05, 3.63) is 0 Å². The van der Waals surface area contributed by atoms with E-state index in [2.05, 4.69) is 0 Å². The Kier molecular flexibility index (Phi) is 5.19. The highest BCUT2D eigenvalue weighted by molar-refractivity contribution is 5.81. The number of rotatable bonds is 3. The Balaban J connectivity index is 1.79. The molecule has 2 atom stereocenters. The topological polar surface area (TPSA) is 85.1 Å². The average molecular weight is 285 g/mol. The van der Waals surface area contributed by atoms with Crippen molar-refractivity contribution in [2.45, 2.75) is 32.0 Å². The lowest BCUT2D eigenvalue weighted by atomic mass is 10.1. The summed E-state index contributed by atoms with van der Waals surface area (Å²) in [7, 11) is 0. The van der Waals surface area contributed by atoms with Gasteiger partial charge in [-0.2, -0.15) is 0 Å². The molecule has 0 spiro atoms. The van der Waals surface area contributed by atoms with Gasteiger partial charge in [-0.15, -0.1) is 0 Å². The van der Waals surface area contributed by atoms with Gasteiger partial charge in [0.25, 0.3) is 5.91 Å². The van der Waals surface area contributed by atoms with Crippen molar-refractivity contribution in [1.29, 1.82) is 0 Å². The van der Waals surface area contributed by atoms with Crippen molar-refractivity contribution in [2.24, 2.45) is 5.73 Å². The molecule has 2 N–H and O–H groups in total. The van der Waals surface area contributed by atoms with Gasteiger partial charge in [0.1, 0.15) is 6.10 Å². The smallest absolute Gasteiger partial charge is 0.409 e. The fourth-order valence-corrected chi connectivity index (χ4v) is 2.59. The van der Waals surface area contributed by atoms with Crippen LogP contribution < -0.4 is 5.73 Å². The van der Waals surface area contributed by atoms with Gasteiger partial charge in [-0.3, -0.25) is 4.79 Å². The molecular weight excluding hydrogens is 262 g/mol. The quantitative estimate of drug-likeness (QED) is 0.776. The van der Waals surface area contributed by atoms with Crippen LogP contribution in [0.3, 0.4) is 0 Å². The third-order valence-electron chi connectivity index (χ3n) is 3.76. The fraction of sp³-hybridized carbons (Fsp3) is 0.846. The molecule has 2 rings (SSSR count). The first-order valence-corrected chi connectivity index (χ1v) is 7.21. The van der Waals surface area contributed by atoms with Crippen LogP contribution in [0.1, 0.15) is 19.8 Å². The predicted octanol–water partition coefficient (Wildman–Crippen LogP) is -0.207. The van der Waals surface area contributed by atoms with Gasteiger partial charge in [-0.05, 0) is 19.8 Å². The highest BCUT2D eigenvalue weighted by Crippen LogP contribution is 2.21. The molecule has 0 aromatic heterocycles. The van der Waals surface area contributed by atoms with Crippen LogP contribution in [0, 0.1) is 0 Å². The maximum atomic E-state index is 12.3. The minimum absolute atomic E-state index is 0.00442. The number of hydrogen-bond donors (Lipinski definition) is 1. The van der Waals surface area contributed by atoms with Crippen molar-refractivity contribution in [3.63, 3.8) is 0 Å². The van der Waals surface area contributed by atoms with E-state index in [0.717, 1.165) is 12.8 Å². The van der Waals surface area contributed by atoms with E-state index in [1.54, 1.807) is 16.7 Å². The van der Waals surface area contributed by atoms with Crippen LogP contribution in [0.2, 0.25) is 0 Å². The van der Waals surface area contributed by atoms with Gasteiger partial charge in [0, 0.05) is 32.7 Å². The number of nitrogens with zero attached hydrogens (tertiary/aromatic N) is 2. The molecule has 0 aliphatic carbocycles. The van der Waals surface area contributed by atoms with Crippen molar-refractivity contribution in [1.82, 2.24) is 9.80 Å². The molecule has 2 fully saturated rings. The summed E-state index contributed by atoms with van der Waals surface area (Å²) >= 11 is 0. The molecule has 7 nitrogen and oxygen atoms in total. The summed E-state index contributed by atoms with van der Waals surface area (Å²) in [6.45, 7) is 4.70. The number of ether oxygens (including phenoxy) is 2. The number of hydrogen-bond acceptors (Lipinski definition) is 5. The SMILES string of the molecule is CCOC(=O)N1CCN(C(=O)C2CCC(CN)O2)CC1. The first-order valence-electron chi connectivity index (χ1n) is 7.21. The van der Waals surface area contributed by atoms with Gasteiger partial charge >= 0.3 is 6.09 Å². The lowest BCUT2D eigenvalue weighted by Crippen LogP contribution is -2.53. The predicted molar refractivity (Wildman–Crippen MR) is 72.1 cm³/mol. The molecule has 0 aromatic rings. The van der Waals surface area contributed by atoms with E-state index >= 15 is 0 Å². The molecule has 7 heteroatoms. The number of carbonyl (C=O) groups is 2. The van der Waals surface area contributed by atoms with E-state index in [9.17, 15) is 9.59 Å². The van der Waals surface area contributed by atoms with Crippen molar-refractivity contribution < 1.29 is 19.1 Å². The molecule has 0 saturated carbocycles. The van der Waals surface area contributed by atoms with E-state index in [1.807, 2.05) is 0 Å². The Labute approximate surface area is 119 Å². The summed E-state index contributed by atoms with van der Waals surface area (Å²) in [6.07, 6.45) is 0.913. The second kappa shape index (κ2) is 6.90. The molecular formula is C13H23N3O4. The second-order valence-corrected chi connectivity index (χ2v) is 5.07. The zero-order valence-corrected chi connectivity index (χ0v) is 11.9. The summed E-state index contributed by atoms with van der Waals surface area (Å²) in [4.78, 5) is 27.3. The summed E-state index contributed by atoms with van der Waals surface area (Å²) in [5, 5.41) is 0. The standard InChI is InChI=1S/C13H23N3O4/c1-2-19-13(18)16-7-5-15(6-8-16)12(17)11-4-3-10(9-14)20-11/h10-11H,2-9,14H2,1H3.